The van der Waals surface area contributed by atoms with Crippen LogP contribution in [0, 0.1) is 0 Å². The predicted octanol–water partition coefficient (Wildman–Crippen LogP) is 5.40. The van der Waals surface area contributed by atoms with E-state index in [2.05, 4.69) is 18.2 Å². The molecular weight excluding hydrogens is 392 g/mol. The maximum absolute atomic E-state index is 13.2. The fraction of sp³-hybridized carbons (Fsp3) is 0.269. The summed E-state index contributed by atoms with van der Waals surface area (Å²) >= 11 is 0. The molecule has 0 aromatic heterocycles. The lowest BCUT2D eigenvalue weighted by Gasteiger charge is -2.34. The van der Waals surface area contributed by atoms with E-state index in [9.17, 15) is 4.79 Å². The van der Waals surface area contributed by atoms with Crippen molar-refractivity contribution in [1.29, 1.82) is 0 Å². The van der Waals surface area contributed by atoms with Gasteiger partial charge in [-0.05, 0) is 41.0 Å². The first-order chi connectivity index (χ1) is 15.2. The van der Waals surface area contributed by atoms with E-state index in [1.54, 1.807) is 21.3 Å². The van der Waals surface area contributed by atoms with E-state index in [1.165, 1.54) is 0 Å². The Balaban J connectivity index is 1.83. The van der Waals surface area contributed by atoms with Crippen molar-refractivity contribution in [2.75, 3.05) is 21.3 Å². The van der Waals surface area contributed by atoms with Crippen LogP contribution in [0.3, 0.4) is 0 Å². The summed E-state index contributed by atoms with van der Waals surface area (Å²) < 4.78 is 23.0. The zero-order valence-electron chi connectivity index (χ0n) is 17.9. The molecule has 0 N–H and O–H groups in total. The fourth-order valence-corrected chi connectivity index (χ4v) is 4.80. The fourth-order valence-electron chi connectivity index (χ4n) is 4.80. The van der Waals surface area contributed by atoms with E-state index in [-0.39, 0.29) is 11.7 Å². The van der Waals surface area contributed by atoms with Gasteiger partial charge in [-0.3, -0.25) is 4.79 Å². The van der Waals surface area contributed by atoms with Gasteiger partial charge >= 0.3 is 0 Å². The number of allylic oxidation sites excluding steroid dienone is 2. The Bertz CT molecular complexity index is 1200. The summed E-state index contributed by atoms with van der Waals surface area (Å²) in [6.07, 6.45) is 2.10. The normalized spacial score (nSPS) is 17.6. The molecule has 5 heteroatoms. The molecule has 5 nitrogen and oxygen atoms in total. The lowest BCUT2D eigenvalue weighted by atomic mass is 9.75. The van der Waals surface area contributed by atoms with Crippen LogP contribution >= 0.6 is 0 Å². The molecule has 1 atom stereocenters. The van der Waals surface area contributed by atoms with Crippen LogP contribution in [0.25, 0.3) is 10.8 Å². The lowest BCUT2D eigenvalue weighted by molar-refractivity contribution is -0.116. The number of hydrogen-bond acceptors (Lipinski definition) is 5. The maximum atomic E-state index is 13.2. The molecule has 0 bridgehead atoms. The Labute approximate surface area is 181 Å². The van der Waals surface area contributed by atoms with Crippen molar-refractivity contribution in [1.82, 2.24) is 0 Å². The van der Waals surface area contributed by atoms with Crippen LogP contribution < -0.4 is 18.9 Å². The van der Waals surface area contributed by atoms with Crippen molar-refractivity contribution in [3.8, 4) is 23.0 Å². The van der Waals surface area contributed by atoms with E-state index < -0.39 is 0 Å². The van der Waals surface area contributed by atoms with Gasteiger partial charge in [-0.2, -0.15) is 0 Å². The molecule has 3 aromatic rings. The molecule has 0 amide bonds. The van der Waals surface area contributed by atoms with E-state index in [0.29, 0.717) is 23.7 Å². The summed E-state index contributed by atoms with van der Waals surface area (Å²) in [6.45, 7) is 0. The third-order valence-corrected chi connectivity index (χ3v) is 6.17. The second-order valence-electron chi connectivity index (χ2n) is 7.81. The topological polar surface area (TPSA) is 54.0 Å². The molecule has 31 heavy (non-hydrogen) atoms. The first kappa shape index (κ1) is 19.5. The van der Waals surface area contributed by atoms with E-state index in [0.717, 1.165) is 51.8 Å². The molecule has 0 saturated carbocycles. The highest BCUT2D eigenvalue weighted by Crippen LogP contribution is 2.51. The predicted molar refractivity (Wildman–Crippen MR) is 118 cm³/mol. The highest BCUT2D eigenvalue weighted by Gasteiger charge is 2.38. The van der Waals surface area contributed by atoms with Crippen molar-refractivity contribution in [3.63, 3.8) is 0 Å². The van der Waals surface area contributed by atoms with Gasteiger partial charge < -0.3 is 18.9 Å². The zero-order valence-corrected chi connectivity index (χ0v) is 17.9. The largest absolute Gasteiger partial charge is 0.493 e. The van der Waals surface area contributed by atoms with Crippen LogP contribution in [-0.4, -0.2) is 27.1 Å². The Morgan fingerprint density at radius 1 is 0.903 bits per heavy atom. The van der Waals surface area contributed by atoms with Crippen molar-refractivity contribution < 1.29 is 23.7 Å². The van der Waals surface area contributed by atoms with E-state index in [4.69, 9.17) is 18.9 Å². The van der Waals surface area contributed by atoms with Gasteiger partial charge in [0.05, 0.1) is 21.3 Å². The number of carbonyl (C=O) groups excluding carboxylic acids is 1. The molecule has 1 aliphatic heterocycles. The Morgan fingerprint density at radius 3 is 2.35 bits per heavy atom. The van der Waals surface area contributed by atoms with Gasteiger partial charge in [0.25, 0.3) is 0 Å². The van der Waals surface area contributed by atoms with Gasteiger partial charge in [0.1, 0.15) is 11.5 Å². The van der Waals surface area contributed by atoms with Gasteiger partial charge in [-0.15, -0.1) is 0 Å². The summed E-state index contributed by atoms with van der Waals surface area (Å²) in [4.78, 5) is 13.2. The van der Waals surface area contributed by atoms with Gasteiger partial charge in [0.15, 0.2) is 17.3 Å². The maximum Gasteiger partial charge on any atom is 0.203 e. The Morgan fingerprint density at radius 2 is 1.65 bits per heavy atom. The minimum absolute atomic E-state index is 0.138. The summed E-state index contributed by atoms with van der Waals surface area (Å²) in [5, 5.41) is 2.18. The molecule has 1 heterocycles. The highest BCUT2D eigenvalue weighted by atomic mass is 16.5. The average molecular weight is 416 g/mol. The number of rotatable bonds is 4. The molecular formula is C26H24O5. The monoisotopic (exact) mass is 416 g/mol. The quantitative estimate of drug-likeness (QED) is 0.570. The second-order valence-corrected chi connectivity index (χ2v) is 7.81. The second kappa shape index (κ2) is 7.65. The molecule has 3 aromatic carbocycles. The smallest absolute Gasteiger partial charge is 0.203 e. The van der Waals surface area contributed by atoms with Gasteiger partial charge in [0.2, 0.25) is 5.75 Å². The molecule has 0 unspecified atom stereocenters. The van der Waals surface area contributed by atoms with Crippen molar-refractivity contribution in [2.24, 2.45) is 0 Å². The summed E-state index contributed by atoms with van der Waals surface area (Å²) in [7, 11) is 4.79. The van der Waals surface area contributed by atoms with Crippen molar-refractivity contribution in [2.45, 2.75) is 25.2 Å². The Kier molecular flexibility index (Phi) is 4.81. The number of benzene rings is 3. The molecule has 158 valence electrons. The van der Waals surface area contributed by atoms with Crippen molar-refractivity contribution in [3.05, 3.63) is 71.0 Å². The number of ether oxygens (including phenoxy) is 4. The number of hydrogen-bond donors (Lipinski definition) is 0. The van der Waals surface area contributed by atoms with Crippen LogP contribution in [0.5, 0.6) is 23.0 Å². The van der Waals surface area contributed by atoms with E-state index in [1.807, 2.05) is 30.3 Å². The summed E-state index contributed by atoms with van der Waals surface area (Å²) in [5.74, 6) is 3.10. The lowest BCUT2D eigenvalue weighted by Crippen LogP contribution is -2.25. The Hall–Kier alpha value is -3.47. The zero-order chi connectivity index (χ0) is 21.5. The number of methoxy groups -OCH3 is 3. The highest BCUT2D eigenvalue weighted by molar-refractivity contribution is 6.01. The summed E-state index contributed by atoms with van der Waals surface area (Å²) in [5.41, 5.74) is 2.66. The third-order valence-electron chi connectivity index (χ3n) is 6.17. The molecule has 5 rings (SSSR count). The first-order valence-electron chi connectivity index (χ1n) is 10.4. The standard InChI is InChI=1S/C26H24O5/c1-28-21-13-16(14-22(29-2)26(21)30-3)23-24-17-8-5-4-7-15(17)11-12-20(24)31-19-10-6-9-18(27)25(19)23/h4-5,7-8,11-14,23H,6,9-10H2,1-3H3/t23-/m0/s1. The molecule has 0 radical (unpaired) electrons. The average Bonchev–Trinajstić information content (AvgIpc) is 2.81. The molecule has 0 fully saturated rings. The van der Waals surface area contributed by atoms with Gasteiger partial charge in [0, 0.05) is 29.9 Å². The van der Waals surface area contributed by atoms with Gasteiger partial charge in [-0.1, -0.05) is 30.3 Å². The van der Waals surface area contributed by atoms with Gasteiger partial charge in [-0.25, -0.2) is 0 Å². The number of ketones is 1. The number of fused-ring (bicyclic) bond motifs is 3. The summed E-state index contributed by atoms with van der Waals surface area (Å²) in [6, 6.07) is 16.1. The van der Waals surface area contributed by atoms with Crippen LogP contribution in [0.2, 0.25) is 0 Å². The molecule has 0 saturated heterocycles. The van der Waals surface area contributed by atoms with Crippen LogP contribution in [0.1, 0.15) is 36.3 Å². The van der Waals surface area contributed by atoms with Crippen molar-refractivity contribution >= 4 is 16.6 Å². The van der Waals surface area contributed by atoms with Crippen LogP contribution in [-0.2, 0) is 4.79 Å². The first-order valence-corrected chi connectivity index (χ1v) is 10.4. The molecule has 2 aliphatic rings. The minimum Gasteiger partial charge on any atom is -0.493 e. The number of carbonyl (C=O) groups is 1. The molecule has 1 aliphatic carbocycles. The van der Waals surface area contributed by atoms with E-state index >= 15 is 0 Å². The number of Topliss-reactive ketones (excluding diaryl/α,β-unsaturated/α-hetero) is 1. The van der Waals surface area contributed by atoms with Crippen LogP contribution in [0.4, 0.5) is 0 Å². The minimum atomic E-state index is -0.272. The molecule has 0 spiro atoms. The van der Waals surface area contributed by atoms with Crippen LogP contribution in [0.15, 0.2) is 59.9 Å². The SMILES string of the molecule is COc1cc([C@@H]2C3=C(CCCC3=O)Oc3ccc4ccccc4c32)cc(OC)c1OC. The third kappa shape index (κ3) is 3.03.